The van der Waals surface area contributed by atoms with Crippen LogP contribution in [-0.2, 0) is 23.7 Å². The van der Waals surface area contributed by atoms with Gasteiger partial charge in [0.05, 0.1) is 30.3 Å². The van der Waals surface area contributed by atoms with Gasteiger partial charge in [0, 0.05) is 18.9 Å². The van der Waals surface area contributed by atoms with Crippen molar-refractivity contribution in [1.29, 1.82) is 0 Å². The fourth-order valence-corrected chi connectivity index (χ4v) is 4.35. The van der Waals surface area contributed by atoms with Crippen molar-refractivity contribution in [3.63, 3.8) is 0 Å². The third-order valence-corrected chi connectivity index (χ3v) is 5.10. The highest BCUT2D eigenvalue weighted by atomic mass is 16.7. The summed E-state index contributed by atoms with van der Waals surface area (Å²) in [4.78, 5) is 12.1. The van der Waals surface area contributed by atoms with Gasteiger partial charge in [0.15, 0.2) is 6.79 Å². The molecule has 0 N–H and O–H groups in total. The van der Waals surface area contributed by atoms with Gasteiger partial charge in [0.25, 0.3) is 0 Å². The number of methoxy groups -OCH3 is 1. The standard InChI is InChI=1S/C15H24O5/c1-4-9-12-11-6-8(15(16)18-7-17-3)14(20-11)13(12)10(5-2)19-9/h8-14H,4-7H2,1-3H3. The van der Waals surface area contributed by atoms with E-state index in [2.05, 4.69) is 13.8 Å². The van der Waals surface area contributed by atoms with Crippen LogP contribution >= 0.6 is 0 Å². The van der Waals surface area contributed by atoms with E-state index in [4.69, 9.17) is 18.9 Å². The van der Waals surface area contributed by atoms with Crippen LogP contribution in [0.5, 0.6) is 0 Å². The summed E-state index contributed by atoms with van der Waals surface area (Å²) >= 11 is 0. The van der Waals surface area contributed by atoms with Crippen LogP contribution in [-0.4, -0.2) is 44.3 Å². The number of ether oxygens (including phenoxy) is 4. The van der Waals surface area contributed by atoms with Gasteiger partial charge in [-0.1, -0.05) is 13.8 Å². The molecule has 0 spiro atoms. The van der Waals surface area contributed by atoms with Gasteiger partial charge >= 0.3 is 5.97 Å². The molecule has 0 aromatic rings. The topological polar surface area (TPSA) is 54.0 Å². The van der Waals surface area contributed by atoms with Crippen LogP contribution in [0.1, 0.15) is 33.1 Å². The zero-order chi connectivity index (χ0) is 14.3. The molecule has 20 heavy (non-hydrogen) atoms. The summed E-state index contributed by atoms with van der Waals surface area (Å²) in [7, 11) is 1.52. The minimum Gasteiger partial charge on any atom is -0.438 e. The molecule has 2 bridgehead atoms. The number of carbonyl (C=O) groups is 1. The number of rotatable bonds is 5. The van der Waals surface area contributed by atoms with Crippen molar-refractivity contribution in [2.75, 3.05) is 13.9 Å². The van der Waals surface area contributed by atoms with E-state index in [9.17, 15) is 4.79 Å². The minimum absolute atomic E-state index is 0.0199. The van der Waals surface area contributed by atoms with Gasteiger partial charge < -0.3 is 18.9 Å². The highest BCUT2D eigenvalue weighted by Crippen LogP contribution is 2.55. The van der Waals surface area contributed by atoms with Gasteiger partial charge in [-0.2, -0.15) is 0 Å². The molecule has 0 aromatic carbocycles. The molecular formula is C15H24O5. The largest absolute Gasteiger partial charge is 0.438 e. The summed E-state index contributed by atoms with van der Waals surface area (Å²) in [6, 6.07) is 0. The second-order valence-corrected chi connectivity index (χ2v) is 6.04. The van der Waals surface area contributed by atoms with Gasteiger partial charge in [0.1, 0.15) is 0 Å². The number of hydrogen-bond donors (Lipinski definition) is 0. The number of hydrogen-bond acceptors (Lipinski definition) is 5. The van der Waals surface area contributed by atoms with Crippen molar-refractivity contribution in [2.24, 2.45) is 17.8 Å². The summed E-state index contributed by atoms with van der Waals surface area (Å²) in [5.74, 6) is 0.475. The quantitative estimate of drug-likeness (QED) is 0.568. The van der Waals surface area contributed by atoms with E-state index in [0.717, 1.165) is 19.3 Å². The molecule has 0 aliphatic carbocycles. The Morgan fingerprint density at radius 1 is 1.15 bits per heavy atom. The van der Waals surface area contributed by atoms with Crippen molar-refractivity contribution < 1.29 is 23.7 Å². The molecule has 3 rings (SSSR count). The van der Waals surface area contributed by atoms with Crippen LogP contribution in [0.15, 0.2) is 0 Å². The first-order chi connectivity index (χ1) is 9.71. The molecule has 3 aliphatic heterocycles. The monoisotopic (exact) mass is 284 g/mol. The second kappa shape index (κ2) is 5.62. The summed E-state index contributed by atoms with van der Waals surface area (Å²) < 4.78 is 22.2. The summed E-state index contributed by atoms with van der Waals surface area (Å²) in [6.45, 7) is 4.33. The first-order valence-electron chi connectivity index (χ1n) is 7.67. The zero-order valence-electron chi connectivity index (χ0n) is 12.4. The first-order valence-corrected chi connectivity index (χ1v) is 7.67. The normalized spacial score (nSPS) is 45.6. The Morgan fingerprint density at radius 2 is 1.85 bits per heavy atom. The molecule has 3 fully saturated rings. The Bertz CT molecular complexity index is 371. The highest BCUT2D eigenvalue weighted by molar-refractivity contribution is 5.74. The van der Waals surface area contributed by atoms with Gasteiger partial charge in [-0.15, -0.1) is 0 Å². The fraction of sp³-hybridized carbons (Fsp3) is 0.933. The lowest BCUT2D eigenvalue weighted by atomic mass is 9.71. The Balaban J connectivity index is 1.73. The molecule has 0 amide bonds. The van der Waals surface area contributed by atoms with E-state index < -0.39 is 0 Å². The van der Waals surface area contributed by atoms with Crippen LogP contribution in [0, 0.1) is 17.8 Å². The van der Waals surface area contributed by atoms with Crippen LogP contribution in [0.3, 0.4) is 0 Å². The van der Waals surface area contributed by atoms with Crippen LogP contribution < -0.4 is 0 Å². The fourth-order valence-electron chi connectivity index (χ4n) is 4.35. The van der Waals surface area contributed by atoms with Gasteiger partial charge in [0.2, 0.25) is 0 Å². The Kier molecular flexibility index (Phi) is 4.02. The van der Waals surface area contributed by atoms with E-state index in [1.54, 1.807) is 0 Å². The predicted octanol–water partition coefficient (Wildman–Crippen LogP) is 1.74. The average molecular weight is 284 g/mol. The maximum Gasteiger partial charge on any atom is 0.313 e. The molecule has 114 valence electrons. The van der Waals surface area contributed by atoms with E-state index in [0.29, 0.717) is 11.8 Å². The van der Waals surface area contributed by atoms with Crippen LogP contribution in [0.4, 0.5) is 0 Å². The first kappa shape index (κ1) is 14.3. The summed E-state index contributed by atoms with van der Waals surface area (Å²) in [5.41, 5.74) is 0. The van der Waals surface area contributed by atoms with Gasteiger partial charge in [-0.25, -0.2) is 0 Å². The number of carbonyl (C=O) groups excluding carboxylic acids is 1. The average Bonchev–Trinajstić information content (AvgIpc) is 3.13. The van der Waals surface area contributed by atoms with Crippen molar-refractivity contribution in [3.05, 3.63) is 0 Å². The van der Waals surface area contributed by atoms with Gasteiger partial charge in [-0.05, 0) is 19.3 Å². The molecule has 3 aliphatic rings. The molecule has 3 saturated heterocycles. The lowest BCUT2D eigenvalue weighted by Gasteiger charge is -2.29. The van der Waals surface area contributed by atoms with E-state index in [1.165, 1.54) is 7.11 Å². The van der Waals surface area contributed by atoms with Crippen molar-refractivity contribution in [3.8, 4) is 0 Å². The van der Waals surface area contributed by atoms with Crippen molar-refractivity contribution in [2.45, 2.75) is 57.5 Å². The maximum absolute atomic E-state index is 12.1. The molecular weight excluding hydrogens is 260 g/mol. The Labute approximate surface area is 119 Å². The Morgan fingerprint density at radius 3 is 2.50 bits per heavy atom. The lowest BCUT2D eigenvalue weighted by Crippen LogP contribution is -2.40. The molecule has 5 nitrogen and oxygen atoms in total. The zero-order valence-corrected chi connectivity index (χ0v) is 12.4. The number of fused-ring (bicyclic) bond motifs is 5. The van der Waals surface area contributed by atoms with E-state index >= 15 is 0 Å². The number of esters is 1. The molecule has 7 atom stereocenters. The SMILES string of the molecule is CCC1OC(CC)C2C3OC(CC3C(=O)OCOC)C12. The van der Waals surface area contributed by atoms with Crippen molar-refractivity contribution >= 4 is 5.97 Å². The summed E-state index contributed by atoms with van der Waals surface area (Å²) in [5, 5.41) is 0. The molecule has 0 aromatic heterocycles. The van der Waals surface area contributed by atoms with Gasteiger partial charge in [-0.3, -0.25) is 4.79 Å². The third-order valence-electron chi connectivity index (χ3n) is 5.10. The molecule has 0 radical (unpaired) electrons. The molecule has 3 heterocycles. The van der Waals surface area contributed by atoms with E-state index in [-0.39, 0.29) is 43.1 Å². The molecule has 7 unspecified atom stereocenters. The molecule has 5 heteroatoms. The second-order valence-electron chi connectivity index (χ2n) is 6.04. The third kappa shape index (κ3) is 2.07. The minimum atomic E-state index is -0.187. The van der Waals surface area contributed by atoms with Crippen molar-refractivity contribution in [1.82, 2.24) is 0 Å². The van der Waals surface area contributed by atoms with Crippen LogP contribution in [0.2, 0.25) is 0 Å². The highest BCUT2D eigenvalue weighted by Gasteiger charge is 2.63. The molecule has 0 saturated carbocycles. The van der Waals surface area contributed by atoms with Crippen LogP contribution in [0.25, 0.3) is 0 Å². The lowest BCUT2D eigenvalue weighted by molar-refractivity contribution is -0.162. The summed E-state index contributed by atoms with van der Waals surface area (Å²) in [6.07, 6.45) is 3.40. The smallest absolute Gasteiger partial charge is 0.313 e. The van der Waals surface area contributed by atoms with E-state index in [1.807, 2.05) is 0 Å². The Hall–Kier alpha value is -0.650. The maximum atomic E-state index is 12.1. The predicted molar refractivity (Wildman–Crippen MR) is 71.0 cm³/mol.